The molecule has 0 aliphatic carbocycles. The predicted molar refractivity (Wildman–Crippen MR) is 91.2 cm³/mol. The lowest BCUT2D eigenvalue weighted by Crippen LogP contribution is -2.26. The Bertz CT molecular complexity index is 786. The summed E-state index contributed by atoms with van der Waals surface area (Å²) in [4.78, 5) is 12.4. The smallest absolute Gasteiger partial charge is 0.251 e. The number of carbonyl (C=O) groups is 1. The number of nitrogens with one attached hydrogen (secondary N) is 1. The van der Waals surface area contributed by atoms with Gasteiger partial charge >= 0.3 is 0 Å². The van der Waals surface area contributed by atoms with Crippen LogP contribution in [0.2, 0.25) is 5.02 Å². The van der Waals surface area contributed by atoms with Crippen molar-refractivity contribution in [2.75, 3.05) is 19.8 Å². The van der Waals surface area contributed by atoms with Gasteiger partial charge in [-0.1, -0.05) is 11.6 Å². The van der Waals surface area contributed by atoms with Gasteiger partial charge in [-0.25, -0.2) is 0 Å². The average molecular weight is 350 g/mol. The number of hydrogen-bond acceptors (Lipinski definition) is 4. The van der Waals surface area contributed by atoms with Crippen LogP contribution in [-0.2, 0) is 13.5 Å². The van der Waals surface area contributed by atoms with E-state index in [-0.39, 0.29) is 5.91 Å². The Morgan fingerprint density at radius 2 is 2.08 bits per heavy atom. The molecular weight excluding hydrogens is 330 g/mol. The van der Waals surface area contributed by atoms with Gasteiger partial charge in [-0.15, -0.1) is 0 Å². The number of nitrogens with zero attached hydrogens (tertiary/aromatic N) is 2. The normalized spacial score (nSPS) is 13.0. The van der Waals surface area contributed by atoms with Gasteiger partial charge in [0.15, 0.2) is 11.5 Å². The Labute approximate surface area is 145 Å². The van der Waals surface area contributed by atoms with Crippen LogP contribution in [0.5, 0.6) is 11.5 Å². The number of amides is 1. The molecule has 0 spiro atoms. The van der Waals surface area contributed by atoms with Crippen molar-refractivity contribution in [3.8, 4) is 11.5 Å². The molecule has 2 heterocycles. The van der Waals surface area contributed by atoms with Gasteiger partial charge in [-0.05, 0) is 38.0 Å². The Morgan fingerprint density at radius 1 is 1.33 bits per heavy atom. The van der Waals surface area contributed by atoms with Crippen LogP contribution < -0.4 is 14.8 Å². The van der Waals surface area contributed by atoms with Crippen molar-refractivity contribution in [1.82, 2.24) is 15.1 Å². The summed E-state index contributed by atoms with van der Waals surface area (Å²) in [6.07, 6.45) is 0.732. The third kappa shape index (κ3) is 3.19. The molecule has 0 saturated carbocycles. The van der Waals surface area contributed by atoms with Crippen molar-refractivity contribution in [2.24, 2.45) is 7.05 Å². The zero-order valence-corrected chi connectivity index (χ0v) is 14.7. The SMILES string of the molecule is Cc1nn(C)c(C)c1CCNC(=O)c1cc(Cl)c2c(c1)OCCO2. The number of rotatable bonds is 4. The number of halogens is 1. The lowest BCUT2D eigenvalue weighted by molar-refractivity contribution is 0.0953. The molecule has 1 aliphatic heterocycles. The zero-order chi connectivity index (χ0) is 17.3. The maximum absolute atomic E-state index is 12.4. The topological polar surface area (TPSA) is 65.4 Å². The van der Waals surface area contributed by atoms with Crippen LogP contribution >= 0.6 is 11.6 Å². The molecule has 0 saturated heterocycles. The molecule has 7 heteroatoms. The molecule has 1 amide bonds. The predicted octanol–water partition coefficient (Wildman–Crippen LogP) is 2.43. The summed E-state index contributed by atoms with van der Waals surface area (Å²) >= 11 is 6.17. The van der Waals surface area contributed by atoms with E-state index >= 15 is 0 Å². The van der Waals surface area contributed by atoms with Gasteiger partial charge in [-0.3, -0.25) is 9.48 Å². The van der Waals surface area contributed by atoms with Crippen molar-refractivity contribution in [3.63, 3.8) is 0 Å². The number of hydrogen-bond donors (Lipinski definition) is 1. The Morgan fingerprint density at radius 3 is 2.79 bits per heavy atom. The number of fused-ring (bicyclic) bond motifs is 1. The minimum Gasteiger partial charge on any atom is -0.486 e. The van der Waals surface area contributed by atoms with Gasteiger partial charge in [0.05, 0.1) is 10.7 Å². The van der Waals surface area contributed by atoms with E-state index in [2.05, 4.69) is 10.4 Å². The van der Waals surface area contributed by atoms with E-state index < -0.39 is 0 Å². The molecule has 0 unspecified atom stereocenters. The number of aryl methyl sites for hydroxylation is 2. The molecular formula is C17H20ClN3O3. The monoisotopic (exact) mass is 349 g/mol. The van der Waals surface area contributed by atoms with Gasteiger partial charge in [0.1, 0.15) is 13.2 Å². The van der Waals surface area contributed by atoms with Crippen LogP contribution in [-0.4, -0.2) is 35.4 Å². The highest BCUT2D eigenvalue weighted by Crippen LogP contribution is 2.38. The first kappa shape index (κ1) is 16.6. The quantitative estimate of drug-likeness (QED) is 0.920. The van der Waals surface area contributed by atoms with Gasteiger partial charge < -0.3 is 14.8 Å². The van der Waals surface area contributed by atoms with Crippen molar-refractivity contribution in [1.29, 1.82) is 0 Å². The fraction of sp³-hybridized carbons (Fsp3) is 0.412. The minimum atomic E-state index is -0.187. The van der Waals surface area contributed by atoms with Crippen molar-refractivity contribution in [2.45, 2.75) is 20.3 Å². The molecule has 0 bridgehead atoms. The van der Waals surface area contributed by atoms with Crippen molar-refractivity contribution < 1.29 is 14.3 Å². The van der Waals surface area contributed by atoms with Crippen LogP contribution in [0.15, 0.2) is 12.1 Å². The molecule has 0 radical (unpaired) electrons. The summed E-state index contributed by atoms with van der Waals surface area (Å²) < 4.78 is 12.8. The summed E-state index contributed by atoms with van der Waals surface area (Å²) in [6, 6.07) is 3.27. The first-order valence-electron chi connectivity index (χ1n) is 7.83. The minimum absolute atomic E-state index is 0.187. The number of aromatic nitrogens is 2. The summed E-state index contributed by atoms with van der Waals surface area (Å²) in [7, 11) is 1.92. The fourth-order valence-electron chi connectivity index (χ4n) is 2.82. The Kier molecular flexibility index (Phi) is 4.66. The lowest BCUT2D eigenvalue weighted by Gasteiger charge is -2.20. The van der Waals surface area contributed by atoms with E-state index in [4.69, 9.17) is 21.1 Å². The summed E-state index contributed by atoms with van der Waals surface area (Å²) in [5.41, 5.74) is 3.73. The number of benzene rings is 1. The van der Waals surface area contributed by atoms with Crippen LogP contribution in [0.1, 0.15) is 27.3 Å². The van der Waals surface area contributed by atoms with Crippen molar-refractivity contribution in [3.05, 3.63) is 39.7 Å². The van der Waals surface area contributed by atoms with Gasteiger partial charge in [0.25, 0.3) is 5.91 Å². The van der Waals surface area contributed by atoms with Crippen LogP contribution in [0.4, 0.5) is 0 Å². The summed E-state index contributed by atoms with van der Waals surface area (Å²) in [6.45, 7) is 5.44. The van der Waals surface area contributed by atoms with E-state index in [0.29, 0.717) is 41.8 Å². The number of carbonyl (C=O) groups excluding carboxylic acids is 1. The molecule has 1 aromatic heterocycles. The van der Waals surface area contributed by atoms with Gasteiger partial charge in [-0.2, -0.15) is 5.10 Å². The highest BCUT2D eigenvalue weighted by Gasteiger charge is 2.19. The molecule has 3 rings (SSSR count). The van der Waals surface area contributed by atoms with Crippen LogP contribution in [0, 0.1) is 13.8 Å². The zero-order valence-electron chi connectivity index (χ0n) is 14.0. The maximum atomic E-state index is 12.4. The van der Waals surface area contributed by atoms with Crippen LogP contribution in [0.3, 0.4) is 0 Å². The molecule has 24 heavy (non-hydrogen) atoms. The average Bonchev–Trinajstić information content (AvgIpc) is 2.80. The standard InChI is InChI=1S/C17H20ClN3O3/c1-10-13(11(2)21(3)20-10)4-5-19-17(22)12-8-14(18)16-15(9-12)23-6-7-24-16/h8-9H,4-7H2,1-3H3,(H,19,22). The highest BCUT2D eigenvalue weighted by molar-refractivity contribution is 6.32. The van der Waals surface area contributed by atoms with E-state index in [0.717, 1.165) is 23.4 Å². The summed E-state index contributed by atoms with van der Waals surface area (Å²) in [5.74, 6) is 0.826. The van der Waals surface area contributed by atoms with E-state index in [1.54, 1.807) is 12.1 Å². The first-order valence-corrected chi connectivity index (χ1v) is 8.21. The summed E-state index contributed by atoms with van der Waals surface area (Å²) in [5, 5.41) is 7.68. The van der Waals surface area contributed by atoms with E-state index in [9.17, 15) is 4.79 Å². The van der Waals surface area contributed by atoms with Crippen molar-refractivity contribution >= 4 is 17.5 Å². The molecule has 1 aromatic carbocycles. The first-order chi connectivity index (χ1) is 11.5. The van der Waals surface area contributed by atoms with Gasteiger partial charge in [0, 0.05) is 24.8 Å². The largest absolute Gasteiger partial charge is 0.486 e. The molecule has 1 aliphatic rings. The van der Waals surface area contributed by atoms with Gasteiger partial charge in [0.2, 0.25) is 0 Å². The third-order valence-electron chi connectivity index (χ3n) is 4.18. The molecule has 1 N–H and O–H groups in total. The third-order valence-corrected chi connectivity index (χ3v) is 4.46. The lowest BCUT2D eigenvalue weighted by atomic mass is 10.1. The molecule has 0 fully saturated rings. The fourth-order valence-corrected chi connectivity index (χ4v) is 3.09. The van der Waals surface area contributed by atoms with E-state index in [1.165, 1.54) is 0 Å². The molecule has 0 atom stereocenters. The molecule has 2 aromatic rings. The Balaban J connectivity index is 1.66. The number of ether oxygens (including phenoxy) is 2. The van der Waals surface area contributed by atoms with Crippen LogP contribution in [0.25, 0.3) is 0 Å². The maximum Gasteiger partial charge on any atom is 0.251 e. The highest BCUT2D eigenvalue weighted by atomic mass is 35.5. The van der Waals surface area contributed by atoms with E-state index in [1.807, 2.05) is 25.6 Å². The Hall–Kier alpha value is -2.21. The molecule has 128 valence electrons. The second kappa shape index (κ2) is 6.73. The second-order valence-electron chi connectivity index (χ2n) is 5.76. The second-order valence-corrected chi connectivity index (χ2v) is 6.17. The molecule has 6 nitrogen and oxygen atoms in total.